The Labute approximate surface area is 128 Å². The number of carbonyl (C=O) groups is 1. The quantitative estimate of drug-likeness (QED) is 0.643. The van der Waals surface area contributed by atoms with Gasteiger partial charge in [0.05, 0.1) is 4.88 Å². The molecular formula is C15H22BrNOS. The molecule has 0 spiro atoms. The van der Waals surface area contributed by atoms with Crippen LogP contribution in [0.4, 0.5) is 0 Å². The first kappa shape index (κ1) is 15.0. The number of aryl methyl sites for hydroxylation is 2. The molecule has 1 aliphatic rings. The molecule has 1 aromatic heterocycles. The molecule has 0 aliphatic heterocycles. The third-order valence-electron chi connectivity index (χ3n) is 3.90. The Hall–Kier alpha value is -0.350. The molecule has 0 bridgehead atoms. The maximum absolute atomic E-state index is 12.3. The van der Waals surface area contributed by atoms with E-state index in [4.69, 9.17) is 0 Å². The fourth-order valence-electron chi connectivity index (χ4n) is 2.23. The van der Waals surface area contributed by atoms with Crippen molar-refractivity contribution in [2.45, 2.75) is 63.2 Å². The summed E-state index contributed by atoms with van der Waals surface area (Å²) in [4.78, 5) is 14.9. The van der Waals surface area contributed by atoms with Crippen LogP contribution in [-0.2, 0) is 12.8 Å². The molecule has 1 aliphatic carbocycles. The Balaban J connectivity index is 2.12. The van der Waals surface area contributed by atoms with E-state index in [1.807, 2.05) is 13.8 Å². The highest BCUT2D eigenvalue weighted by Gasteiger charge is 2.27. The molecule has 1 unspecified atom stereocenters. The second kappa shape index (κ2) is 5.96. The van der Waals surface area contributed by atoms with Crippen LogP contribution in [0.1, 0.15) is 60.1 Å². The summed E-state index contributed by atoms with van der Waals surface area (Å²) >= 11 is 5.23. The number of hydrogen-bond donors (Lipinski definition) is 1. The lowest BCUT2D eigenvalue weighted by molar-refractivity contribution is 0.0918. The normalized spacial score (nSPS) is 17.5. The van der Waals surface area contributed by atoms with E-state index in [1.54, 1.807) is 11.3 Å². The third kappa shape index (κ3) is 3.60. The van der Waals surface area contributed by atoms with Crippen molar-refractivity contribution >= 4 is 33.2 Å². The van der Waals surface area contributed by atoms with Crippen LogP contribution < -0.4 is 5.32 Å². The average molecular weight is 344 g/mol. The highest BCUT2D eigenvalue weighted by molar-refractivity contribution is 9.09. The monoisotopic (exact) mass is 343 g/mol. The lowest BCUT2D eigenvalue weighted by Crippen LogP contribution is -2.48. The number of halogens is 1. The number of nitrogens with one attached hydrogen (secondary N) is 1. The molecule has 0 aromatic carbocycles. The summed E-state index contributed by atoms with van der Waals surface area (Å²) < 4.78 is 0. The molecule has 1 amide bonds. The second-order valence-corrected chi connectivity index (χ2v) is 8.42. The maximum Gasteiger partial charge on any atom is 0.261 e. The largest absolute Gasteiger partial charge is 0.345 e. The number of carbonyl (C=O) groups excluding carboxylic acids is 1. The lowest BCUT2D eigenvalue weighted by atomic mass is 10.0. The van der Waals surface area contributed by atoms with Crippen molar-refractivity contribution in [3.8, 4) is 0 Å². The van der Waals surface area contributed by atoms with Crippen LogP contribution in [-0.4, -0.2) is 16.3 Å². The van der Waals surface area contributed by atoms with Crippen LogP contribution in [0.15, 0.2) is 6.07 Å². The van der Waals surface area contributed by atoms with Gasteiger partial charge >= 0.3 is 0 Å². The summed E-state index contributed by atoms with van der Waals surface area (Å²) in [6.45, 7) is 6.15. The highest BCUT2D eigenvalue weighted by atomic mass is 79.9. The van der Waals surface area contributed by atoms with Crippen LogP contribution in [0.5, 0.6) is 0 Å². The average Bonchev–Trinajstić information content (AvgIpc) is 2.60. The molecule has 4 heteroatoms. The third-order valence-corrected chi connectivity index (χ3v) is 6.28. The first-order valence-electron chi connectivity index (χ1n) is 6.98. The minimum Gasteiger partial charge on any atom is -0.345 e. The van der Waals surface area contributed by atoms with Gasteiger partial charge in [0.25, 0.3) is 5.91 Å². The van der Waals surface area contributed by atoms with Gasteiger partial charge in [-0.3, -0.25) is 4.79 Å². The van der Waals surface area contributed by atoms with Crippen molar-refractivity contribution in [1.29, 1.82) is 0 Å². The molecule has 106 valence electrons. The van der Waals surface area contributed by atoms with E-state index in [0.29, 0.717) is 0 Å². The zero-order valence-corrected chi connectivity index (χ0v) is 14.3. The van der Waals surface area contributed by atoms with Gasteiger partial charge in [-0.2, -0.15) is 0 Å². The molecule has 1 atom stereocenters. The van der Waals surface area contributed by atoms with E-state index in [2.05, 4.69) is 34.2 Å². The minimum absolute atomic E-state index is 0.0642. The minimum atomic E-state index is -0.238. The number of thiophene rings is 1. The second-order valence-electron chi connectivity index (χ2n) is 5.91. The summed E-state index contributed by atoms with van der Waals surface area (Å²) in [6, 6.07) is 2.11. The smallest absolute Gasteiger partial charge is 0.261 e. The summed E-state index contributed by atoms with van der Waals surface area (Å²) in [5.41, 5.74) is 1.16. The van der Waals surface area contributed by atoms with E-state index in [9.17, 15) is 4.79 Å². The summed E-state index contributed by atoms with van der Waals surface area (Å²) in [7, 11) is 0. The first-order valence-corrected chi connectivity index (χ1v) is 8.71. The van der Waals surface area contributed by atoms with Crippen molar-refractivity contribution < 1.29 is 4.79 Å². The molecule has 0 fully saturated rings. The van der Waals surface area contributed by atoms with Crippen molar-refractivity contribution in [3.63, 3.8) is 0 Å². The van der Waals surface area contributed by atoms with Crippen molar-refractivity contribution in [1.82, 2.24) is 5.32 Å². The molecule has 19 heavy (non-hydrogen) atoms. The summed E-state index contributed by atoms with van der Waals surface area (Å²) in [5, 5.41) is 3.12. The van der Waals surface area contributed by atoms with Crippen LogP contribution in [0.25, 0.3) is 0 Å². The standard InChI is InChI=1S/C15H22BrNOS/c1-10(16)15(2,3)17-14(18)13-9-11-7-5-4-6-8-12(11)19-13/h9-10H,4-8H2,1-3H3,(H,17,18). The van der Waals surface area contributed by atoms with E-state index in [-0.39, 0.29) is 16.3 Å². The van der Waals surface area contributed by atoms with E-state index in [1.165, 1.54) is 29.7 Å². The van der Waals surface area contributed by atoms with Crippen LogP contribution in [0.2, 0.25) is 0 Å². The van der Waals surface area contributed by atoms with Gasteiger partial charge in [0, 0.05) is 15.2 Å². The van der Waals surface area contributed by atoms with Gasteiger partial charge in [0.2, 0.25) is 0 Å². The summed E-state index contributed by atoms with van der Waals surface area (Å²) in [6.07, 6.45) is 6.12. The Bertz CT molecular complexity index is 441. The zero-order chi connectivity index (χ0) is 14.0. The maximum atomic E-state index is 12.3. The number of alkyl halides is 1. The van der Waals surface area contributed by atoms with E-state index in [0.717, 1.165) is 17.7 Å². The van der Waals surface area contributed by atoms with Gasteiger partial charge in [0.15, 0.2) is 0 Å². The Kier molecular flexibility index (Phi) is 4.72. The predicted molar refractivity (Wildman–Crippen MR) is 85.5 cm³/mol. The fourth-order valence-corrected chi connectivity index (χ4v) is 3.50. The molecule has 0 saturated carbocycles. The Morgan fingerprint density at radius 2 is 2.05 bits per heavy atom. The van der Waals surface area contributed by atoms with E-state index < -0.39 is 0 Å². The fraction of sp³-hybridized carbons (Fsp3) is 0.667. The molecular weight excluding hydrogens is 322 g/mol. The molecule has 2 nitrogen and oxygen atoms in total. The SMILES string of the molecule is CC(Br)C(C)(C)NC(=O)c1cc2c(s1)CCCCC2. The Morgan fingerprint density at radius 1 is 1.37 bits per heavy atom. The van der Waals surface area contributed by atoms with Gasteiger partial charge < -0.3 is 5.32 Å². The zero-order valence-electron chi connectivity index (χ0n) is 11.9. The highest BCUT2D eigenvalue weighted by Crippen LogP contribution is 2.29. The molecule has 0 radical (unpaired) electrons. The molecule has 1 aromatic rings. The van der Waals surface area contributed by atoms with Crippen LogP contribution in [0.3, 0.4) is 0 Å². The summed E-state index contributed by atoms with van der Waals surface area (Å²) in [5.74, 6) is 0.0642. The molecule has 2 rings (SSSR count). The first-order chi connectivity index (χ1) is 8.90. The van der Waals surface area contributed by atoms with Gasteiger partial charge in [-0.25, -0.2) is 0 Å². The van der Waals surface area contributed by atoms with Crippen LogP contribution in [0, 0.1) is 0 Å². The molecule has 1 heterocycles. The van der Waals surface area contributed by atoms with Crippen LogP contribution >= 0.6 is 27.3 Å². The van der Waals surface area contributed by atoms with Crippen molar-refractivity contribution in [3.05, 3.63) is 21.4 Å². The van der Waals surface area contributed by atoms with Gasteiger partial charge in [-0.05, 0) is 51.2 Å². The molecule has 0 saturated heterocycles. The lowest BCUT2D eigenvalue weighted by Gasteiger charge is -2.29. The van der Waals surface area contributed by atoms with Gasteiger partial charge in [-0.15, -0.1) is 11.3 Å². The van der Waals surface area contributed by atoms with Crippen molar-refractivity contribution in [2.75, 3.05) is 0 Å². The topological polar surface area (TPSA) is 29.1 Å². The number of rotatable bonds is 3. The van der Waals surface area contributed by atoms with E-state index >= 15 is 0 Å². The number of hydrogen-bond acceptors (Lipinski definition) is 2. The van der Waals surface area contributed by atoms with Gasteiger partial charge in [-0.1, -0.05) is 29.3 Å². The Morgan fingerprint density at radius 3 is 2.74 bits per heavy atom. The number of fused-ring (bicyclic) bond motifs is 1. The predicted octanol–water partition coefficient (Wildman–Crippen LogP) is 4.31. The molecule has 1 N–H and O–H groups in total. The van der Waals surface area contributed by atoms with Gasteiger partial charge in [0.1, 0.15) is 0 Å². The van der Waals surface area contributed by atoms with Crippen molar-refractivity contribution in [2.24, 2.45) is 0 Å². The number of amides is 1.